The first kappa shape index (κ1) is 14.6. The first-order valence-corrected chi connectivity index (χ1v) is 6.60. The third-order valence-electron chi connectivity index (χ3n) is 3.81. The number of ether oxygens (including phenoxy) is 1. The maximum Gasteiger partial charge on any atom is 0.119 e. The molecule has 2 rings (SSSR count). The summed E-state index contributed by atoms with van der Waals surface area (Å²) in [5, 5.41) is 4.46. The molecule has 0 saturated carbocycles. The largest absolute Gasteiger partial charge is 0.497 e. The van der Waals surface area contributed by atoms with Crippen LogP contribution in [0.2, 0.25) is 0 Å². The van der Waals surface area contributed by atoms with Gasteiger partial charge >= 0.3 is 0 Å². The average Bonchev–Trinajstić information content (AvgIpc) is 2.67. The molecule has 108 valence electrons. The molecule has 0 aliphatic carbocycles. The van der Waals surface area contributed by atoms with E-state index in [4.69, 9.17) is 10.6 Å². The summed E-state index contributed by atoms with van der Waals surface area (Å²) in [5.41, 5.74) is 8.41. The Morgan fingerprint density at radius 1 is 1.30 bits per heavy atom. The van der Waals surface area contributed by atoms with Gasteiger partial charge in [0, 0.05) is 18.3 Å². The summed E-state index contributed by atoms with van der Waals surface area (Å²) < 4.78 is 7.14. The van der Waals surface area contributed by atoms with Gasteiger partial charge in [-0.15, -0.1) is 0 Å². The second kappa shape index (κ2) is 5.64. The molecule has 0 aliphatic heterocycles. The Labute approximate surface area is 119 Å². The lowest BCUT2D eigenvalue weighted by atomic mass is 9.94. The summed E-state index contributed by atoms with van der Waals surface area (Å²) in [6.45, 7) is 6.12. The van der Waals surface area contributed by atoms with E-state index in [2.05, 4.69) is 24.4 Å². The van der Waals surface area contributed by atoms with Crippen molar-refractivity contribution in [2.24, 2.45) is 12.9 Å². The molecular formula is C15H22N4O. The molecule has 0 bridgehead atoms. The Morgan fingerprint density at radius 2 is 2.00 bits per heavy atom. The fourth-order valence-corrected chi connectivity index (χ4v) is 2.64. The molecule has 1 aromatic heterocycles. The van der Waals surface area contributed by atoms with E-state index in [0.717, 1.165) is 33.8 Å². The van der Waals surface area contributed by atoms with E-state index in [0.29, 0.717) is 0 Å². The summed E-state index contributed by atoms with van der Waals surface area (Å²) in [6.07, 6.45) is 0. The molecule has 5 nitrogen and oxygen atoms in total. The van der Waals surface area contributed by atoms with Gasteiger partial charge in [0.05, 0.1) is 18.8 Å². The highest BCUT2D eigenvalue weighted by atomic mass is 16.5. The van der Waals surface area contributed by atoms with Gasteiger partial charge in [-0.05, 0) is 44.0 Å². The monoisotopic (exact) mass is 274 g/mol. The van der Waals surface area contributed by atoms with E-state index in [1.54, 1.807) is 7.11 Å². The highest BCUT2D eigenvalue weighted by molar-refractivity contribution is 5.43. The smallest absolute Gasteiger partial charge is 0.119 e. The molecule has 0 aliphatic rings. The molecule has 1 heterocycles. The average molecular weight is 274 g/mol. The molecule has 0 spiro atoms. The van der Waals surface area contributed by atoms with Crippen molar-refractivity contribution in [2.75, 3.05) is 7.11 Å². The molecule has 0 saturated heterocycles. The first-order valence-electron chi connectivity index (χ1n) is 6.60. The molecule has 0 radical (unpaired) electrons. The van der Waals surface area contributed by atoms with Gasteiger partial charge in [0.15, 0.2) is 0 Å². The van der Waals surface area contributed by atoms with Crippen LogP contribution in [0.1, 0.15) is 34.1 Å². The number of aromatic nitrogens is 2. The third-order valence-corrected chi connectivity index (χ3v) is 3.81. The fraction of sp³-hybridized carbons (Fsp3) is 0.400. The number of nitrogens with zero attached hydrogens (tertiary/aromatic N) is 2. The van der Waals surface area contributed by atoms with Crippen molar-refractivity contribution >= 4 is 0 Å². The molecule has 1 unspecified atom stereocenters. The van der Waals surface area contributed by atoms with Crippen LogP contribution in [0.3, 0.4) is 0 Å². The van der Waals surface area contributed by atoms with Crippen LogP contribution in [0.4, 0.5) is 0 Å². The second-order valence-corrected chi connectivity index (χ2v) is 5.03. The van der Waals surface area contributed by atoms with Gasteiger partial charge in [0.2, 0.25) is 0 Å². The van der Waals surface area contributed by atoms with Crippen LogP contribution in [-0.2, 0) is 7.05 Å². The van der Waals surface area contributed by atoms with Crippen molar-refractivity contribution in [2.45, 2.75) is 26.8 Å². The SMILES string of the molecule is COc1ccc(C(NN)c2c(C)nn(C)c2C)c(C)c1. The van der Waals surface area contributed by atoms with Crippen molar-refractivity contribution in [3.8, 4) is 5.75 Å². The number of aryl methyl sites for hydroxylation is 3. The Morgan fingerprint density at radius 3 is 2.45 bits per heavy atom. The zero-order chi connectivity index (χ0) is 14.9. The van der Waals surface area contributed by atoms with Crippen molar-refractivity contribution in [3.05, 3.63) is 46.3 Å². The van der Waals surface area contributed by atoms with Gasteiger partial charge < -0.3 is 4.74 Å². The number of nitrogens with one attached hydrogen (secondary N) is 1. The van der Waals surface area contributed by atoms with Crippen molar-refractivity contribution in [3.63, 3.8) is 0 Å². The summed E-state index contributed by atoms with van der Waals surface area (Å²) in [6, 6.07) is 5.94. The van der Waals surface area contributed by atoms with Gasteiger partial charge in [-0.25, -0.2) is 5.43 Å². The van der Waals surface area contributed by atoms with Crippen molar-refractivity contribution in [1.82, 2.24) is 15.2 Å². The minimum Gasteiger partial charge on any atom is -0.497 e. The first-order chi connectivity index (χ1) is 9.49. The summed E-state index contributed by atoms with van der Waals surface area (Å²) in [4.78, 5) is 0. The third kappa shape index (κ3) is 2.42. The lowest BCUT2D eigenvalue weighted by Crippen LogP contribution is -2.30. The molecule has 3 N–H and O–H groups in total. The van der Waals surface area contributed by atoms with Crippen LogP contribution in [0, 0.1) is 20.8 Å². The minimum atomic E-state index is -0.0744. The number of nitrogens with two attached hydrogens (primary N) is 1. The molecule has 0 amide bonds. The summed E-state index contributed by atoms with van der Waals surface area (Å²) >= 11 is 0. The standard InChI is InChI=1S/C15H22N4O/c1-9-8-12(20-5)6-7-13(9)15(17-16)14-10(2)18-19(4)11(14)3/h6-8,15,17H,16H2,1-5H3. The Balaban J connectivity index is 2.52. The Kier molecular flexibility index (Phi) is 4.11. The van der Waals surface area contributed by atoms with Gasteiger partial charge in [-0.2, -0.15) is 5.10 Å². The van der Waals surface area contributed by atoms with Gasteiger partial charge in [0.25, 0.3) is 0 Å². The van der Waals surface area contributed by atoms with Crippen LogP contribution in [0.5, 0.6) is 5.75 Å². The molecule has 1 aromatic carbocycles. The minimum absolute atomic E-state index is 0.0744. The van der Waals surface area contributed by atoms with E-state index in [1.165, 1.54) is 0 Å². The predicted molar refractivity (Wildman–Crippen MR) is 79.6 cm³/mol. The predicted octanol–water partition coefficient (Wildman–Crippen LogP) is 1.91. The number of methoxy groups -OCH3 is 1. The van der Waals surface area contributed by atoms with E-state index in [-0.39, 0.29) is 6.04 Å². The molecule has 20 heavy (non-hydrogen) atoms. The van der Waals surface area contributed by atoms with Crippen LogP contribution in [0.15, 0.2) is 18.2 Å². The Hall–Kier alpha value is -1.85. The fourth-order valence-electron chi connectivity index (χ4n) is 2.64. The normalized spacial score (nSPS) is 12.5. The van der Waals surface area contributed by atoms with E-state index in [1.807, 2.05) is 36.9 Å². The lowest BCUT2D eigenvalue weighted by molar-refractivity contribution is 0.414. The van der Waals surface area contributed by atoms with Crippen molar-refractivity contribution in [1.29, 1.82) is 0 Å². The van der Waals surface area contributed by atoms with Gasteiger partial charge in [0.1, 0.15) is 5.75 Å². The molecule has 1 atom stereocenters. The van der Waals surface area contributed by atoms with Crippen LogP contribution in [-0.4, -0.2) is 16.9 Å². The highest BCUT2D eigenvalue weighted by Gasteiger charge is 2.22. The van der Waals surface area contributed by atoms with Crippen LogP contribution in [0.25, 0.3) is 0 Å². The number of benzene rings is 1. The quantitative estimate of drug-likeness (QED) is 0.660. The van der Waals surface area contributed by atoms with E-state index >= 15 is 0 Å². The lowest BCUT2D eigenvalue weighted by Gasteiger charge is -2.20. The molecule has 0 fully saturated rings. The molecule has 5 heteroatoms. The summed E-state index contributed by atoms with van der Waals surface area (Å²) in [7, 11) is 3.61. The molecular weight excluding hydrogens is 252 g/mol. The maximum atomic E-state index is 5.81. The zero-order valence-corrected chi connectivity index (χ0v) is 12.7. The van der Waals surface area contributed by atoms with E-state index in [9.17, 15) is 0 Å². The summed E-state index contributed by atoms with van der Waals surface area (Å²) in [5.74, 6) is 6.65. The zero-order valence-electron chi connectivity index (χ0n) is 12.7. The van der Waals surface area contributed by atoms with E-state index < -0.39 is 0 Å². The number of hydrazine groups is 1. The van der Waals surface area contributed by atoms with Gasteiger partial charge in [-0.1, -0.05) is 6.07 Å². The topological polar surface area (TPSA) is 65.1 Å². The molecule has 2 aromatic rings. The van der Waals surface area contributed by atoms with Crippen LogP contribution >= 0.6 is 0 Å². The maximum absolute atomic E-state index is 5.81. The highest BCUT2D eigenvalue weighted by Crippen LogP contribution is 2.30. The van der Waals surface area contributed by atoms with Crippen molar-refractivity contribution < 1.29 is 4.74 Å². The van der Waals surface area contributed by atoms with Gasteiger partial charge in [-0.3, -0.25) is 10.5 Å². The Bertz CT molecular complexity index is 619. The number of hydrogen-bond acceptors (Lipinski definition) is 4. The van der Waals surface area contributed by atoms with Crippen LogP contribution < -0.4 is 16.0 Å². The number of hydrogen-bond donors (Lipinski definition) is 2. The second-order valence-electron chi connectivity index (χ2n) is 5.03. The number of rotatable bonds is 4.